The highest BCUT2D eigenvalue weighted by Gasteiger charge is 2.30. The number of amides is 2. The molecule has 3 heterocycles. The number of ether oxygens (including phenoxy) is 1. The van der Waals surface area contributed by atoms with Crippen molar-refractivity contribution in [2.45, 2.75) is 59.8 Å². The van der Waals surface area contributed by atoms with Gasteiger partial charge in [0.2, 0.25) is 0 Å². The molecule has 1 fully saturated rings. The van der Waals surface area contributed by atoms with Crippen molar-refractivity contribution in [2.24, 2.45) is 0 Å². The second-order valence-corrected chi connectivity index (χ2v) is 8.55. The zero-order valence-corrected chi connectivity index (χ0v) is 18.5. The number of hydrogen-bond acceptors (Lipinski definition) is 5. The highest BCUT2D eigenvalue weighted by Crippen LogP contribution is 2.29. The molecule has 4 rings (SSSR count). The molecular weight excluding hydrogens is 378 g/mol. The maximum Gasteiger partial charge on any atom is 0.322 e. The molecule has 7 heteroatoms. The number of nitrogens with one attached hydrogen (secondary N) is 1. The summed E-state index contributed by atoms with van der Waals surface area (Å²) >= 11 is 0. The molecule has 1 aromatic carbocycles. The molecule has 0 spiro atoms. The molecule has 2 aromatic rings. The van der Waals surface area contributed by atoms with E-state index >= 15 is 0 Å². The molecule has 2 amide bonds. The van der Waals surface area contributed by atoms with Crippen LogP contribution in [-0.2, 0) is 17.7 Å². The molecule has 2 unspecified atom stereocenters. The van der Waals surface area contributed by atoms with Gasteiger partial charge in [-0.05, 0) is 45.7 Å². The van der Waals surface area contributed by atoms with Crippen LogP contribution in [0.5, 0.6) is 0 Å². The Morgan fingerprint density at radius 1 is 1.10 bits per heavy atom. The number of carbonyl (C=O) groups excluding carboxylic acids is 1. The normalized spacial score (nSPS) is 21.4. The number of hydrogen-bond donors (Lipinski definition) is 1. The molecule has 160 valence electrons. The quantitative estimate of drug-likeness (QED) is 0.821. The molecule has 0 radical (unpaired) electrons. The first-order valence-electron chi connectivity index (χ1n) is 10.7. The van der Waals surface area contributed by atoms with Crippen LogP contribution in [0.25, 0.3) is 0 Å². The number of aryl methyl sites for hydroxylation is 3. The Bertz CT molecular complexity index is 931. The molecule has 0 aliphatic carbocycles. The van der Waals surface area contributed by atoms with Gasteiger partial charge >= 0.3 is 6.03 Å². The van der Waals surface area contributed by atoms with Gasteiger partial charge in [-0.3, -0.25) is 0 Å². The van der Waals surface area contributed by atoms with Gasteiger partial charge in [0.25, 0.3) is 0 Å². The van der Waals surface area contributed by atoms with Gasteiger partial charge in [-0.25, -0.2) is 14.8 Å². The van der Waals surface area contributed by atoms with Crippen molar-refractivity contribution in [1.82, 2.24) is 14.9 Å². The number of carbonyl (C=O) groups is 1. The topological polar surface area (TPSA) is 70.6 Å². The zero-order valence-electron chi connectivity index (χ0n) is 18.5. The summed E-state index contributed by atoms with van der Waals surface area (Å²) in [4.78, 5) is 26.7. The monoisotopic (exact) mass is 409 g/mol. The lowest BCUT2D eigenvalue weighted by Gasteiger charge is -2.38. The fraction of sp³-hybridized carbons (Fsp3) is 0.522. The summed E-state index contributed by atoms with van der Waals surface area (Å²) in [6.07, 6.45) is 1.03. The Morgan fingerprint density at radius 2 is 1.77 bits per heavy atom. The van der Waals surface area contributed by atoms with Crippen LogP contribution in [0.3, 0.4) is 0 Å². The highest BCUT2D eigenvalue weighted by atomic mass is 16.5. The Morgan fingerprint density at radius 3 is 2.43 bits per heavy atom. The minimum absolute atomic E-state index is 0.0757. The standard InChI is InChI=1S/C23H31N5O2/c1-14-7-6-8-15(2)21(14)26-23(29)27-10-9-20-19(13-27)22(25-18(5)24-20)28-11-16(3)30-17(4)12-28/h6-8,16-17H,9-13H2,1-5H3,(H,26,29). The number of aromatic nitrogens is 2. The van der Waals surface area contributed by atoms with Crippen LogP contribution in [0, 0.1) is 20.8 Å². The first kappa shape index (κ1) is 20.6. The summed E-state index contributed by atoms with van der Waals surface area (Å²) in [7, 11) is 0. The van der Waals surface area contributed by atoms with Gasteiger partial charge in [0.05, 0.1) is 24.4 Å². The molecular formula is C23H31N5O2. The number of anilines is 2. The van der Waals surface area contributed by atoms with Gasteiger partial charge in [-0.1, -0.05) is 18.2 Å². The third-order valence-corrected chi connectivity index (χ3v) is 5.87. The van der Waals surface area contributed by atoms with E-state index in [0.717, 1.165) is 59.2 Å². The minimum Gasteiger partial charge on any atom is -0.372 e. The predicted molar refractivity (Wildman–Crippen MR) is 118 cm³/mol. The first-order valence-corrected chi connectivity index (χ1v) is 10.7. The molecule has 1 saturated heterocycles. The third kappa shape index (κ3) is 4.12. The van der Waals surface area contributed by atoms with Crippen molar-refractivity contribution in [3.05, 3.63) is 46.4 Å². The largest absolute Gasteiger partial charge is 0.372 e. The summed E-state index contributed by atoms with van der Waals surface area (Å²) in [5, 5.41) is 3.12. The lowest BCUT2D eigenvalue weighted by Crippen LogP contribution is -2.47. The Labute approximate surface area is 178 Å². The molecule has 1 aromatic heterocycles. The number of rotatable bonds is 2. The number of benzene rings is 1. The Kier molecular flexibility index (Phi) is 5.64. The van der Waals surface area contributed by atoms with Crippen LogP contribution in [0.15, 0.2) is 18.2 Å². The van der Waals surface area contributed by atoms with Crippen molar-refractivity contribution < 1.29 is 9.53 Å². The van der Waals surface area contributed by atoms with Crippen LogP contribution in [0.1, 0.15) is 42.1 Å². The van der Waals surface area contributed by atoms with Crippen molar-refractivity contribution in [3.8, 4) is 0 Å². The van der Waals surface area contributed by atoms with Crippen molar-refractivity contribution >= 4 is 17.5 Å². The van der Waals surface area contributed by atoms with E-state index in [1.165, 1.54) is 0 Å². The second-order valence-electron chi connectivity index (χ2n) is 8.55. The summed E-state index contributed by atoms with van der Waals surface area (Å²) in [6, 6.07) is 5.97. The molecule has 2 aliphatic heterocycles. The predicted octanol–water partition coefficient (Wildman–Crippen LogP) is 3.61. The molecule has 0 saturated carbocycles. The van der Waals surface area contributed by atoms with Crippen LogP contribution in [-0.4, -0.2) is 52.7 Å². The number of morpholine rings is 1. The van der Waals surface area contributed by atoms with E-state index in [0.29, 0.717) is 13.1 Å². The fourth-order valence-electron chi connectivity index (χ4n) is 4.50. The van der Waals surface area contributed by atoms with E-state index in [4.69, 9.17) is 9.72 Å². The van der Waals surface area contributed by atoms with Gasteiger partial charge in [-0.15, -0.1) is 0 Å². The smallest absolute Gasteiger partial charge is 0.322 e. The van der Waals surface area contributed by atoms with Crippen molar-refractivity contribution in [1.29, 1.82) is 0 Å². The summed E-state index contributed by atoms with van der Waals surface area (Å²) in [6.45, 7) is 12.9. The first-order chi connectivity index (χ1) is 14.3. The van der Waals surface area contributed by atoms with E-state index in [1.807, 2.05) is 43.9 Å². The number of nitrogens with zero attached hydrogens (tertiary/aromatic N) is 4. The maximum absolute atomic E-state index is 13.1. The van der Waals surface area contributed by atoms with Crippen molar-refractivity contribution in [2.75, 3.05) is 29.9 Å². The highest BCUT2D eigenvalue weighted by molar-refractivity contribution is 5.91. The molecule has 0 bridgehead atoms. The lowest BCUT2D eigenvalue weighted by molar-refractivity contribution is -0.00557. The van der Waals surface area contributed by atoms with Gasteiger partial charge in [-0.2, -0.15) is 0 Å². The SMILES string of the molecule is Cc1nc2c(c(N3CC(C)OC(C)C3)n1)CN(C(=O)Nc1c(C)cccc1C)CC2. The van der Waals surface area contributed by atoms with Gasteiger partial charge < -0.3 is 19.9 Å². The lowest BCUT2D eigenvalue weighted by atomic mass is 10.0. The van der Waals surface area contributed by atoms with E-state index in [9.17, 15) is 4.79 Å². The van der Waals surface area contributed by atoms with Crippen molar-refractivity contribution in [3.63, 3.8) is 0 Å². The molecule has 2 aliphatic rings. The Balaban J connectivity index is 1.59. The fourth-order valence-corrected chi connectivity index (χ4v) is 4.50. The number of urea groups is 1. The summed E-state index contributed by atoms with van der Waals surface area (Å²) in [5.74, 6) is 1.73. The summed E-state index contributed by atoms with van der Waals surface area (Å²) in [5.41, 5.74) is 5.14. The second kappa shape index (κ2) is 8.22. The van der Waals surface area contributed by atoms with E-state index < -0.39 is 0 Å². The van der Waals surface area contributed by atoms with Gasteiger partial charge in [0, 0.05) is 37.3 Å². The Hall–Kier alpha value is -2.67. The van der Waals surface area contributed by atoms with Crippen LogP contribution in [0.4, 0.5) is 16.3 Å². The number of fused-ring (bicyclic) bond motifs is 1. The van der Waals surface area contributed by atoms with Crippen LogP contribution in [0.2, 0.25) is 0 Å². The van der Waals surface area contributed by atoms with E-state index in [2.05, 4.69) is 29.0 Å². The van der Waals surface area contributed by atoms with Gasteiger partial charge in [0.1, 0.15) is 11.6 Å². The zero-order chi connectivity index (χ0) is 21.4. The molecule has 30 heavy (non-hydrogen) atoms. The van der Waals surface area contributed by atoms with E-state index in [-0.39, 0.29) is 18.2 Å². The van der Waals surface area contributed by atoms with E-state index in [1.54, 1.807) is 0 Å². The number of para-hydroxylation sites is 1. The minimum atomic E-state index is -0.0757. The van der Waals surface area contributed by atoms with Crippen LogP contribution < -0.4 is 10.2 Å². The third-order valence-electron chi connectivity index (χ3n) is 5.87. The summed E-state index contributed by atoms with van der Waals surface area (Å²) < 4.78 is 5.90. The van der Waals surface area contributed by atoms with Crippen LogP contribution >= 0.6 is 0 Å². The van der Waals surface area contributed by atoms with Gasteiger partial charge in [0.15, 0.2) is 0 Å². The maximum atomic E-state index is 13.1. The average Bonchev–Trinajstić information content (AvgIpc) is 2.69. The average molecular weight is 410 g/mol. The molecule has 1 N–H and O–H groups in total. The molecule has 2 atom stereocenters. The molecule has 7 nitrogen and oxygen atoms in total.